The van der Waals surface area contributed by atoms with Crippen molar-refractivity contribution in [3.05, 3.63) is 84.2 Å². The lowest BCUT2D eigenvalue weighted by Crippen LogP contribution is -2.27. The molecule has 0 saturated heterocycles. The minimum Gasteiger partial charge on any atom is -0.394 e. The third-order valence-electron chi connectivity index (χ3n) is 7.35. The Morgan fingerprint density at radius 3 is 1.74 bits per heavy atom. The van der Waals surface area contributed by atoms with Crippen molar-refractivity contribution in [2.75, 3.05) is 58.0 Å². The molecule has 0 aliphatic rings. The van der Waals surface area contributed by atoms with Gasteiger partial charge >= 0.3 is 0 Å². The first-order valence-electron chi connectivity index (χ1n) is 14.2. The van der Waals surface area contributed by atoms with E-state index in [1.165, 1.54) is 0 Å². The van der Waals surface area contributed by atoms with Crippen molar-refractivity contribution in [2.45, 2.75) is 27.7 Å². The van der Waals surface area contributed by atoms with E-state index in [1.54, 1.807) is 0 Å². The molecule has 0 heterocycles. The van der Waals surface area contributed by atoms with Crippen molar-refractivity contribution in [2.24, 2.45) is 5.16 Å². The van der Waals surface area contributed by atoms with Crippen LogP contribution in [-0.4, -0.2) is 62.3 Å². The van der Waals surface area contributed by atoms with Gasteiger partial charge in [-0.05, 0) is 42.5 Å². The Hall–Kier alpha value is -3.45. The molecule has 6 nitrogen and oxygen atoms in total. The first-order valence-corrected chi connectivity index (χ1v) is 14.2. The van der Waals surface area contributed by atoms with E-state index in [-0.39, 0.29) is 0 Å². The van der Waals surface area contributed by atoms with E-state index in [0.29, 0.717) is 13.2 Å². The Balaban J connectivity index is 1.92. The smallest absolute Gasteiger partial charge is 0.129 e. The van der Waals surface area contributed by atoms with Gasteiger partial charge in [-0.25, -0.2) is 0 Å². The lowest BCUT2D eigenvalue weighted by atomic mass is 10.0. The van der Waals surface area contributed by atoms with Gasteiger partial charge in [-0.15, -0.1) is 0 Å². The third kappa shape index (κ3) is 6.95. The topological polar surface area (TPSA) is 49.3 Å². The van der Waals surface area contributed by atoms with Gasteiger partial charge in [0.05, 0.1) is 12.3 Å². The number of nitrogens with zero attached hydrogens (tertiary/aromatic N) is 3. The minimum atomic E-state index is 0.519. The highest BCUT2D eigenvalue weighted by molar-refractivity contribution is 6.13. The first-order chi connectivity index (χ1) is 19.2. The SMILES string of the molecule is CCN(CC)CCON=c1c(-c2ccccc2)c(NOCCN(CC)CC)c2ccccc2c2ccccc12. The van der Waals surface area contributed by atoms with E-state index < -0.39 is 0 Å². The van der Waals surface area contributed by atoms with Crippen LogP contribution in [0.25, 0.3) is 32.7 Å². The van der Waals surface area contributed by atoms with Crippen molar-refractivity contribution in [1.29, 1.82) is 0 Å². The van der Waals surface area contributed by atoms with E-state index >= 15 is 0 Å². The van der Waals surface area contributed by atoms with E-state index in [4.69, 9.17) is 14.8 Å². The van der Waals surface area contributed by atoms with Gasteiger partial charge in [-0.1, -0.05) is 112 Å². The molecular weight excluding hydrogens is 484 g/mol. The third-order valence-corrected chi connectivity index (χ3v) is 7.35. The normalized spacial score (nSPS) is 12.1. The van der Waals surface area contributed by atoms with Gasteiger partial charge in [-0.3, -0.25) is 10.3 Å². The second-order valence-electron chi connectivity index (χ2n) is 9.48. The number of hydrogen-bond donors (Lipinski definition) is 1. The van der Waals surface area contributed by atoms with Gasteiger partial charge in [-0.2, -0.15) is 0 Å². The van der Waals surface area contributed by atoms with Crippen LogP contribution < -0.4 is 10.8 Å². The highest BCUT2D eigenvalue weighted by atomic mass is 16.6. The first kappa shape index (κ1) is 28.6. The molecule has 0 spiro atoms. The van der Waals surface area contributed by atoms with Crippen LogP contribution in [0.4, 0.5) is 5.69 Å². The Morgan fingerprint density at radius 2 is 1.13 bits per heavy atom. The fourth-order valence-electron chi connectivity index (χ4n) is 4.99. The van der Waals surface area contributed by atoms with Gasteiger partial charge in [0, 0.05) is 29.4 Å². The van der Waals surface area contributed by atoms with Gasteiger partial charge in [0.1, 0.15) is 12.0 Å². The van der Waals surface area contributed by atoms with Crippen molar-refractivity contribution < 1.29 is 9.68 Å². The number of anilines is 1. The second kappa shape index (κ2) is 14.6. The summed E-state index contributed by atoms with van der Waals surface area (Å²) in [5, 5.41) is 9.97. The van der Waals surface area contributed by atoms with Crippen LogP contribution in [-0.2, 0) is 9.68 Å². The summed E-state index contributed by atoms with van der Waals surface area (Å²) in [5.74, 6) is 0. The van der Waals surface area contributed by atoms with Crippen LogP contribution >= 0.6 is 0 Å². The van der Waals surface area contributed by atoms with Crippen LogP contribution in [0.5, 0.6) is 0 Å². The summed E-state index contributed by atoms with van der Waals surface area (Å²) >= 11 is 0. The molecule has 0 bridgehead atoms. The van der Waals surface area contributed by atoms with E-state index in [0.717, 1.165) is 83.0 Å². The number of benzene rings is 3. The van der Waals surface area contributed by atoms with Crippen LogP contribution in [0, 0.1) is 0 Å². The molecule has 0 saturated carbocycles. The quantitative estimate of drug-likeness (QED) is 0.150. The molecular formula is C33H42N4O2. The van der Waals surface area contributed by atoms with Crippen molar-refractivity contribution in [3.8, 4) is 11.1 Å². The number of rotatable bonds is 14. The van der Waals surface area contributed by atoms with Crippen molar-refractivity contribution in [3.63, 3.8) is 0 Å². The van der Waals surface area contributed by atoms with E-state index in [2.05, 4.69) is 116 Å². The molecule has 0 atom stereocenters. The number of hydrogen-bond acceptors (Lipinski definition) is 6. The van der Waals surface area contributed by atoms with Crippen LogP contribution in [0.15, 0.2) is 84.0 Å². The van der Waals surface area contributed by atoms with E-state index in [1.807, 2.05) is 6.07 Å². The molecule has 4 aromatic rings. The summed E-state index contributed by atoms with van der Waals surface area (Å²) < 4.78 is 0. The van der Waals surface area contributed by atoms with Gasteiger partial charge < -0.3 is 14.6 Å². The number of likely N-dealkylation sites (N-methyl/N-ethyl adjacent to an activating group) is 2. The monoisotopic (exact) mass is 526 g/mol. The molecule has 4 aromatic carbocycles. The molecule has 0 aliphatic heterocycles. The molecule has 206 valence electrons. The average molecular weight is 527 g/mol. The maximum absolute atomic E-state index is 6.15. The molecule has 0 radical (unpaired) electrons. The summed E-state index contributed by atoms with van der Waals surface area (Å²) in [6, 6.07) is 27.3. The van der Waals surface area contributed by atoms with Crippen LogP contribution in [0.3, 0.4) is 0 Å². The maximum Gasteiger partial charge on any atom is 0.129 e. The van der Waals surface area contributed by atoms with E-state index in [9.17, 15) is 0 Å². The zero-order valence-electron chi connectivity index (χ0n) is 23.8. The van der Waals surface area contributed by atoms with Gasteiger partial charge in [0.25, 0.3) is 0 Å². The predicted octanol–water partition coefficient (Wildman–Crippen LogP) is 6.52. The number of fused-ring (bicyclic) bond motifs is 3. The highest BCUT2D eigenvalue weighted by Gasteiger charge is 2.16. The van der Waals surface area contributed by atoms with Gasteiger partial charge in [0.15, 0.2) is 0 Å². The molecule has 0 aromatic heterocycles. The fourth-order valence-corrected chi connectivity index (χ4v) is 4.99. The molecule has 4 rings (SSSR count). The van der Waals surface area contributed by atoms with Crippen LogP contribution in [0.2, 0.25) is 0 Å². The Labute approximate surface area is 232 Å². The van der Waals surface area contributed by atoms with Crippen molar-refractivity contribution in [1.82, 2.24) is 9.80 Å². The fraction of sp³-hybridized carbons (Fsp3) is 0.364. The maximum atomic E-state index is 6.15. The molecule has 6 heteroatoms. The lowest BCUT2D eigenvalue weighted by molar-refractivity contribution is 0.106. The number of nitrogens with one attached hydrogen (secondary N) is 1. The summed E-state index contributed by atoms with van der Waals surface area (Å²) in [6.07, 6.45) is 0. The molecule has 0 unspecified atom stereocenters. The van der Waals surface area contributed by atoms with Gasteiger partial charge in [0.2, 0.25) is 0 Å². The Bertz CT molecular complexity index is 1400. The molecule has 39 heavy (non-hydrogen) atoms. The summed E-state index contributed by atoms with van der Waals surface area (Å²) in [4.78, 5) is 16.9. The minimum absolute atomic E-state index is 0.519. The largest absolute Gasteiger partial charge is 0.394 e. The zero-order chi connectivity index (χ0) is 27.5. The molecule has 0 amide bonds. The predicted molar refractivity (Wildman–Crippen MR) is 164 cm³/mol. The molecule has 1 N–H and O–H groups in total. The van der Waals surface area contributed by atoms with Crippen LogP contribution in [0.1, 0.15) is 27.7 Å². The standard InChI is InChI=1S/C33H42N4O2/c1-5-36(6-2)22-24-38-34-32-29-20-14-12-18-27(29)28-19-13-15-21-30(28)33(31(32)26-16-10-9-11-17-26)35-39-25-23-37(7-3)8-4/h9-21,34H,5-8,22-25H2,1-4H3. The zero-order valence-corrected chi connectivity index (χ0v) is 23.8. The molecule has 0 fully saturated rings. The summed E-state index contributed by atoms with van der Waals surface area (Å²) in [6.45, 7) is 15.4. The lowest BCUT2D eigenvalue weighted by Gasteiger charge is -2.18. The van der Waals surface area contributed by atoms with Crippen molar-refractivity contribution >= 4 is 27.2 Å². The Morgan fingerprint density at radius 1 is 0.615 bits per heavy atom. The average Bonchev–Trinajstić information content (AvgIpc) is 3.11. The second-order valence-corrected chi connectivity index (χ2v) is 9.48. The Kier molecular flexibility index (Phi) is 10.7. The highest BCUT2D eigenvalue weighted by Crippen LogP contribution is 2.35. The summed E-state index contributed by atoms with van der Waals surface area (Å²) in [5.41, 5.74) is 6.26. The summed E-state index contributed by atoms with van der Waals surface area (Å²) in [7, 11) is 0. The molecule has 0 aliphatic carbocycles.